The number of sulfonamides is 1. The van der Waals surface area contributed by atoms with Crippen molar-refractivity contribution in [2.24, 2.45) is 5.92 Å². The van der Waals surface area contributed by atoms with Crippen LogP contribution in [-0.2, 0) is 35.9 Å². The van der Waals surface area contributed by atoms with Gasteiger partial charge in [-0.25, -0.2) is 16.8 Å². The number of amides is 1. The molecule has 10 heteroatoms. The summed E-state index contributed by atoms with van der Waals surface area (Å²) in [4.78, 5) is 12.3. The van der Waals surface area contributed by atoms with E-state index in [-0.39, 0.29) is 28.9 Å². The third-order valence-electron chi connectivity index (χ3n) is 4.60. The molecule has 144 valence electrons. The van der Waals surface area contributed by atoms with Crippen LogP contribution in [0.4, 0.5) is 0 Å². The monoisotopic (exact) mass is 402 g/mol. The average Bonchev–Trinajstić information content (AvgIpc) is 3.01. The Bertz CT molecular complexity index is 859. The normalized spacial score (nSPS) is 23.6. The molecule has 0 aromatic heterocycles. The quantitative estimate of drug-likeness (QED) is 0.728. The number of nitrogens with zero attached hydrogens (tertiary/aromatic N) is 1. The molecule has 1 atom stereocenters. The number of ether oxygens (including phenoxy) is 1. The van der Waals surface area contributed by atoms with Gasteiger partial charge >= 0.3 is 0 Å². The molecule has 0 spiro atoms. The molecule has 2 aliphatic heterocycles. The van der Waals surface area contributed by atoms with E-state index in [1.54, 1.807) is 12.1 Å². The van der Waals surface area contributed by atoms with E-state index >= 15 is 0 Å². The zero-order valence-electron chi connectivity index (χ0n) is 14.3. The molecule has 26 heavy (non-hydrogen) atoms. The molecule has 1 unspecified atom stereocenters. The van der Waals surface area contributed by atoms with Crippen LogP contribution in [0.25, 0.3) is 0 Å². The van der Waals surface area contributed by atoms with E-state index in [0.717, 1.165) is 5.56 Å². The predicted molar refractivity (Wildman–Crippen MR) is 94.6 cm³/mol. The first kappa shape index (κ1) is 19.3. The van der Waals surface area contributed by atoms with Crippen molar-refractivity contribution in [3.8, 4) is 0 Å². The van der Waals surface area contributed by atoms with Crippen LogP contribution >= 0.6 is 0 Å². The van der Waals surface area contributed by atoms with Crippen LogP contribution in [0.3, 0.4) is 0 Å². The van der Waals surface area contributed by atoms with Crippen molar-refractivity contribution >= 4 is 25.8 Å². The Morgan fingerprint density at radius 1 is 1.19 bits per heavy atom. The highest BCUT2D eigenvalue weighted by molar-refractivity contribution is 7.91. The molecule has 8 nitrogen and oxygen atoms in total. The Labute approximate surface area is 153 Å². The number of morpholine rings is 1. The molecule has 2 fully saturated rings. The maximum atomic E-state index is 12.5. The van der Waals surface area contributed by atoms with Crippen LogP contribution in [0.15, 0.2) is 29.2 Å². The van der Waals surface area contributed by atoms with Crippen molar-refractivity contribution < 1.29 is 26.4 Å². The Hall–Kier alpha value is -1.49. The van der Waals surface area contributed by atoms with E-state index in [0.29, 0.717) is 32.7 Å². The van der Waals surface area contributed by atoms with Gasteiger partial charge in [-0.2, -0.15) is 4.31 Å². The first-order chi connectivity index (χ1) is 12.3. The van der Waals surface area contributed by atoms with Gasteiger partial charge in [-0.15, -0.1) is 0 Å². The number of carbonyl (C=O) groups is 1. The lowest BCUT2D eigenvalue weighted by molar-refractivity contribution is -0.124. The number of nitrogens with one attached hydrogen (secondary N) is 1. The number of hydrogen-bond acceptors (Lipinski definition) is 6. The molecule has 1 amide bonds. The van der Waals surface area contributed by atoms with Crippen molar-refractivity contribution in [2.45, 2.75) is 17.9 Å². The van der Waals surface area contributed by atoms with Gasteiger partial charge in [0.05, 0.1) is 35.5 Å². The summed E-state index contributed by atoms with van der Waals surface area (Å²) < 4.78 is 54.5. The van der Waals surface area contributed by atoms with Crippen molar-refractivity contribution in [2.75, 3.05) is 37.8 Å². The largest absolute Gasteiger partial charge is 0.379 e. The van der Waals surface area contributed by atoms with Crippen LogP contribution in [0, 0.1) is 5.92 Å². The van der Waals surface area contributed by atoms with E-state index in [1.807, 2.05) is 0 Å². The standard InChI is InChI=1S/C16H22N2O6S2/c19-16(14-5-10-25(20,21)12-14)17-11-13-1-3-15(4-2-13)26(22,23)18-6-8-24-9-7-18/h1-4,14H,5-12H2,(H,17,19). The third-order valence-corrected chi connectivity index (χ3v) is 8.28. The highest BCUT2D eigenvalue weighted by atomic mass is 32.2. The minimum atomic E-state index is -3.54. The molecule has 0 saturated carbocycles. The van der Waals surface area contributed by atoms with Gasteiger partial charge in [0.15, 0.2) is 9.84 Å². The summed E-state index contributed by atoms with van der Waals surface area (Å²) in [5.74, 6) is -0.827. The molecule has 1 aromatic rings. The highest BCUT2D eigenvalue weighted by Crippen LogP contribution is 2.20. The Morgan fingerprint density at radius 2 is 1.85 bits per heavy atom. The number of hydrogen-bond donors (Lipinski definition) is 1. The minimum Gasteiger partial charge on any atom is -0.379 e. The van der Waals surface area contributed by atoms with Crippen molar-refractivity contribution in [1.29, 1.82) is 0 Å². The lowest BCUT2D eigenvalue weighted by atomic mass is 10.1. The fourth-order valence-corrected chi connectivity index (χ4v) is 6.20. The predicted octanol–water partition coefficient (Wildman–Crippen LogP) is -0.242. The maximum Gasteiger partial charge on any atom is 0.243 e. The lowest BCUT2D eigenvalue weighted by Gasteiger charge is -2.26. The van der Waals surface area contributed by atoms with Gasteiger partial charge in [0.1, 0.15) is 0 Å². The number of carbonyl (C=O) groups excluding carboxylic acids is 1. The molecule has 0 aliphatic carbocycles. The second-order valence-corrected chi connectivity index (χ2v) is 10.6. The summed E-state index contributed by atoms with van der Waals surface area (Å²) in [6.07, 6.45) is 0.352. The van der Waals surface area contributed by atoms with Crippen molar-refractivity contribution in [1.82, 2.24) is 9.62 Å². The van der Waals surface area contributed by atoms with Gasteiger partial charge in [0.25, 0.3) is 0 Å². The van der Waals surface area contributed by atoms with Gasteiger partial charge in [0, 0.05) is 19.6 Å². The molecule has 1 aromatic carbocycles. The fraction of sp³-hybridized carbons (Fsp3) is 0.562. The summed E-state index contributed by atoms with van der Waals surface area (Å²) in [5.41, 5.74) is 0.750. The molecule has 0 radical (unpaired) electrons. The van der Waals surface area contributed by atoms with Crippen LogP contribution in [-0.4, -0.2) is 64.9 Å². The summed E-state index contributed by atoms with van der Waals surface area (Å²) in [6, 6.07) is 6.34. The van der Waals surface area contributed by atoms with Crippen LogP contribution < -0.4 is 5.32 Å². The van der Waals surface area contributed by atoms with Crippen LogP contribution in [0.5, 0.6) is 0 Å². The van der Waals surface area contributed by atoms with E-state index in [2.05, 4.69) is 5.32 Å². The van der Waals surface area contributed by atoms with E-state index in [1.165, 1.54) is 16.4 Å². The zero-order valence-corrected chi connectivity index (χ0v) is 15.9. The smallest absolute Gasteiger partial charge is 0.243 e. The Kier molecular flexibility index (Phi) is 5.66. The molecule has 3 rings (SSSR count). The molecule has 1 N–H and O–H groups in total. The van der Waals surface area contributed by atoms with Gasteiger partial charge in [-0.1, -0.05) is 12.1 Å². The number of sulfone groups is 1. The summed E-state index contributed by atoms with van der Waals surface area (Å²) >= 11 is 0. The number of rotatable bonds is 5. The Balaban J connectivity index is 1.58. The van der Waals surface area contributed by atoms with Gasteiger partial charge in [-0.3, -0.25) is 4.79 Å². The van der Waals surface area contributed by atoms with Gasteiger partial charge < -0.3 is 10.1 Å². The van der Waals surface area contributed by atoms with Crippen LogP contribution in [0.2, 0.25) is 0 Å². The fourth-order valence-electron chi connectivity index (χ4n) is 3.05. The first-order valence-corrected chi connectivity index (χ1v) is 11.7. The minimum absolute atomic E-state index is 0.0547. The molecule has 0 bridgehead atoms. The zero-order chi connectivity index (χ0) is 18.8. The van der Waals surface area contributed by atoms with Gasteiger partial charge in [0.2, 0.25) is 15.9 Å². The summed E-state index contributed by atoms with van der Waals surface area (Å²) in [7, 11) is -6.63. The number of benzene rings is 1. The third kappa shape index (κ3) is 4.43. The topological polar surface area (TPSA) is 110 Å². The highest BCUT2D eigenvalue weighted by Gasteiger charge is 2.32. The van der Waals surface area contributed by atoms with Gasteiger partial charge in [-0.05, 0) is 24.1 Å². The summed E-state index contributed by atoms with van der Waals surface area (Å²) in [5, 5.41) is 2.72. The average molecular weight is 402 g/mol. The maximum absolute atomic E-state index is 12.5. The van der Waals surface area contributed by atoms with E-state index in [4.69, 9.17) is 4.74 Å². The lowest BCUT2D eigenvalue weighted by Crippen LogP contribution is -2.40. The van der Waals surface area contributed by atoms with Crippen molar-refractivity contribution in [3.05, 3.63) is 29.8 Å². The second-order valence-electron chi connectivity index (χ2n) is 6.48. The Morgan fingerprint density at radius 3 is 2.42 bits per heavy atom. The molecule has 2 saturated heterocycles. The SMILES string of the molecule is O=C(NCc1ccc(S(=O)(=O)N2CCOCC2)cc1)C1CCS(=O)(=O)C1. The second kappa shape index (κ2) is 7.63. The van der Waals surface area contributed by atoms with Crippen LogP contribution in [0.1, 0.15) is 12.0 Å². The molecule has 2 aliphatic rings. The van der Waals surface area contributed by atoms with E-state index in [9.17, 15) is 21.6 Å². The van der Waals surface area contributed by atoms with Crippen molar-refractivity contribution in [3.63, 3.8) is 0 Å². The molecular formula is C16H22N2O6S2. The molecular weight excluding hydrogens is 380 g/mol. The molecule has 2 heterocycles. The summed E-state index contributed by atoms with van der Waals surface area (Å²) in [6.45, 7) is 1.68. The van der Waals surface area contributed by atoms with E-state index < -0.39 is 25.8 Å². The first-order valence-electron chi connectivity index (χ1n) is 8.43.